The molecule has 0 saturated carbocycles. The summed E-state index contributed by atoms with van der Waals surface area (Å²) in [5.74, 6) is 0. The Morgan fingerprint density at radius 3 is 2.22 bits per heavy atom. The monoisotopic (exact) mass is 260 g/mol. The van der Waals surface area contributed by atoms with Crippen molar-refractivity contribution in [2.75, 3.05) is 0 Å². The number of rotatable bonds is 2. The molecule has 2 rings (SSSR count). The van der Waals surface area contributed by atoms with E-state index in [1.54, 1.807) is 11.3 Å². The van der Waals surface area contributed by atoms with Gasteiger partial charge in [0.15, 0.2) is 0 Å². The lowest BCUT2D eigenvalue weighted by Gasteiger charge is -2.18. The van der Waals surface area contributed by atoms with Crippen LogP contribution in [0.5, 0.6) is 0 Å². The van der Waals surface area contributed by atoms with E-state index in [2.05, 4.69) is 33.8 Å². The Kier molecular flexibility index (Phi) is 3.60. The first-order chi connectivity index (χ1) is 8.39. The molecule has 1 nitrogen and oxygen atoms in total. The second-order valence-electron chi connectivity index (χ2n) is 5.68. The molecule has 0 aliphatic carbocycles. The summed E-state index contributed by atoms with van der Waals surface area (Å²) in [5.41, 5.74) is 2.42. The Balaban J connectivity index is 2.36. The number of benzene rings is 1. The number of aryl methyl sites for hydroxylation is 1. The molecule has 0 aliphatic heterocycles. The maximum atomic E-state index is 10.4. The highest BCUT2D eigenvalue weighted by atomic mass is 32.1. The summed E-state index contributed by atoms with van der Waals surface area (Å²) in [6, 6.07) is 12.0. The van der Waals surface area contributed by atoms with E-state index in [4.69, 9.17) is 0 Å². The van der Waals surface area contributed by atoms with Gasteiger partial charge in [-0.15, -0.1) is 11.3 Å². The Hall–Kier alpha value is -1.12. The van der Waals surface area contributed by atoms with Crippen LogP contribution >= 0.6 is 11.3 Å². The summed E-state index contributed by atoms with van der Waals surface area (Å²) in [6.07, 6.45) is -0.508. The number of hydrogen-bond acceptors (Lipinski definition) is 2. The quantitative estimate of drug-likeness (QED) is 0.846. The Labute approximate surface area is 113 Å². The molecule has 2 heteroatoms. The zero-order chi connectivity index (χ0) is 13.3. The highest BCUT2D eigenvalue weighted by molar-refractivity contribution is 7.12. The fourth-order valence-corrected chi connectivity index (χ4v) is 3.44. The van der Waals surface area contributed by atoms with Gasteiger partial charge in [0.2, 0.25) is 0 Å². The molecule has 0 amide bonds. The normalized spacial score (nSPS) is 13.6. The predicted molar refractivity (Wildman–Crippen MR) is 78.3 cm³/mol. The highest BCUT2D eigenvalue weighted by Gasteiger charge is 2.22. The first-order valence-electron chi connectivity index (χ1n) is 6.23. The summed E-state index contributed by atoms with van der Waals surface area (Å²) in [7, 11) is 0. The van der Waals surface area contributed by atoms with E-state index in [1.165, 1.54) is 10.4 Å². The molecular weight excluding hydrogens is 240 g/mol. The van der Waals surface area contributed by atoms with Crippen molar-refractivity contribution in [3.05, 3.63) is 57.3 Å². The minimum Gasteiger partial charge on any atom is -0.383 e. The molecular formula is C16H20OS. The van der Waals surface area contributed by atoms with E-state index in [9.17, 15) is 5.11 Å². The Morgan fingerprint density at radius 1 is 1.11 bits per heavy atom. The third-order valence-electron chi connectivity index (χ3n) is 3.13. The molecule has 1 atom stereocenters. The third kappa shape index (κ3) is 2.65. The summed E-state index contributed by atoms with van der Waals surface area (Å²) < 4.78 is 0. The van der Waals surface area contributed by atoms with Crippen molar-refractivity contribution >= 4 is 11.3 Å². The van der Waals surface area contributed by atoms with Crippen LogP contribution in [0, 0.1) is 6.92 Å². The van der Waals surface area contributed by atoms with E-state index in [0.717, 1.165) is 10.4 Å². The van der Waals surface area contributed by atoms with E-state index in [0.29, 0.717) is 0 Å². The second-order valence-corrected chi connectivity index (χ2v) is 6.97. The lowest BCUT2D eigenvalue weighted by Crippen LogP contribution is -2.11. The van der Waals surface area contributed by atoms with Gasteiger partial charge in [-0.05, 0) is 29.5 Å². The van der Waals surface area contributed by atoms with Crippen molar-refractivity contribution in [2.24, 2.45) is 0 Å². The first-order valence-corrected chi connectivity index (χ1v) is 7.05. The largest absolute Gasteiger partial charge is 0.383 e. The van der Waals surface area contributed by atoms with Gasteiger partial charge in [-0.2, -0.15) is 0 Å². The number of aliphatic hydroxyl groups is 1. The van der Waals surface area contributed by atoms with Crippen molar-refractivity contribution in [2.45, 2.75) is 39.2 Å². The molecule has 1 N–H and O–H groups in total. The molecule has 0 bridgehead atoms. The van der Waals surface area contributed by atoms with Gasteiger partial charge >= 0.3 is 0 Å². The van der Waals surface area contributed by atoms with Crippen LogP contribution in [0.4, 0.5) is 0 Å². The van der Waals surface area contributed by atoms with Crippen LogP contribution in [0.1, 0.15) is 47.8 Å². The minimum absolute atomic E-state index is 0.134. The number of aliphatic hydroxyl groups excluding tert-OH is 1. The van der Waals surface area contributed by atoms with E-state index >= 15 is 0 Å². The van der Waals surface area contributed by atoms with Crippen LogP contribution in [0.3, 0.4) is 0 Å². The molecule has 96 valence electrons. The van der Waals surface area contributed by atoms with Gasteiger partial charge in [-0.3, -0.25) is 0 Å². The van der Waals surface area contributed by atoms with Gasteiger partial charge in [-0.25, -0.2) is 0 Å². The average molecular weight is 260 g/mol. The van der Waals surface area contributed by atoms with Gasteiger partial charge in [0, 0.05) is 9.75 Å². The summed E-state index contributed by atoms with van der Waals surface area (Å²) >= 11 is 1.69. The highest BCUT2D eigenvalue weighted by Crippen LogP contribution is 2.36. The zero-order valence-corrected chi connectivity index (χ0v) is 12.2. The summed E-state index contributed by atoms with van der Waals surface area (Å²) in [5, 5.41) is 10.4. The SMILES string of the molecule is Cc1sc(C(O)c2ccccc2)cc1C(C)(C)C. The molecule has 0 fully saturated rings. The van der Waals surface area contributed by atoms with Gasteiger partial charge < -0.3 is 5.11 Å². The molecule has 0 aliphatic rings. The smallest absolute Gasteiger partial charge is 0.113 e. The van der Waals surface area contributed by atoms with Crippen LogP contribution in [-0.4, -0.2) is 5.11 Å². The number of thiophene rings is 1. The lowest BCUT2D eigenvalue weighted by atomic mass is 9.87. The lowest BCUT2D eigenvalue weighted by molar-refractivity contribution is 0.224. The molecule has 1 heterocycles. The third-order valence-corrected chi connectivity index (χ3v) is 4.23. The Morgan fingerprint density at radius 2 is 1.72 bits per heavy atom. The van der Waals surface area contributed by atoms with E-state index < -0.39 is 6.10 Å². The van der Waals surface area contributed by atoms with Gasteiger partial charge in [0.05, 0.1) is 0 Å². The predicted octanol–water partition coefficient (Wildman–Crippen LogP) is 4.44. The number of hydrogen-bond donors (Lipinski definition) is 1. The van der Waals surface area contributed by atoms with E-state index in [1.807, 2.05) is 30.3 Å². The molecule has 1 unspecified atom stereocenters. The molecule has 1 aromatic heterocycles. The van der Waals surface area contributed by atoms with Crippen molar-refractivity contribution in [1.82, 2.24) is 0 Å². The van der Waals surface area contributed by atoms with Gasteiger partial charge in [0.1, 0.15) is 6.10 Å². The van der Waals surface area contributed by atoms with Crippen molar-refractivity contribution in [1.29, 1.82) is 0 Å². The van der Waals surface area contributed by atoms with Crippen LogP contribution in [0.2, 0.25) is 0 Å². The molecule has 2 aromatic rings. The van der Waals surface area contributed by atoms with Crippen LogP contribution in [0.15, 0.2) is 36.4 Å². The zero-order valence-electron chi connectivity index (χ0n) is 11.4. The standard InChI is InChI=1S/C16H20OS/c1-11-13(16(2,3)4)10-14(18-11)15(17)12-8-6-5-7-9-12/h5-10,15,17H,1-4H3. The van der Waals surface area contributed by atoms with E-state index in [-0.39, 0.29) is 5.41 Å². The maximum Gasteiger partial charge on any atom is 0.113 e. The minimum atomic E-state index is -0.508. The van der Waals surface area contributed by atoms with Crippen molar-refractivity contribution < 1.29 is 5.11 Å². The molecule has 0 saturated heterocycles. The van der Waals surface area contributed by atoms with Crippen molar-refractivity contribution in [3.63, 3.8) is 0 Å². The maximum absolute atomic E-state index is 10.4. The molecule has 1 aromatic carbocycles. The Bertz CT molecular complexity index is 520. The van der Waals surface area contributed by atoms with Crippen LogP contribution in [-0.2, 0) is 5.41 Å². The molecule has 18 heavy (non-hydrogen) atoms. The fourth-order valence-electron chi connectivity index (χ4n) is 2.18. The topological polar surface area (TPSA) is 20.2 Å². The molecule has 0 spiro atoms. The van der Waals surface area contributed by atoms with Gasteiger partial charge in [0.25, 0.3) is 0 Å². The van der Waals surface area contributed by atoms with Crippen molar-refractivity contribution in [3.8, 4) is 0 Å². The summed E-state index contributed by atoms with van der Waals surface area (Å²) in [6.45, 7) is 8.76. The average Bonchev–Trinajstić information content (AvgIpc) is 2.71. The van der Waals surface area contributed by atoms with Crippen LogP contribution < -0.4 is 0 Å². The second kappa shape index (κ2) is 4.87. The summed E-state index contributed by atoms with van der Waals surface area (Å²) in [4.78, 5) is 2.33. The van der Waals surface area contributed by atoms with Gasteiger partial charge in [-0.1, -0.05) is 51.1 Å². The molecule has 0 radical (unpaired) electrons. The van der Waals surface area contributed by atoms with Crippen LogP contribution in [0.25, 0.3) is 0 Å². The fraction of sp³-hybridized carbons (Fsp3) is 0.375. The first kappa shape index (κ1) is 13.3.